The second kappa shape index (κ2) is 11.0. The van der Waals surface area contributed by atoms with Gasteiger partial charge in [0.25, 0.3) is 5.56 Å². The van der Waals surface area contributed by atoms with Gasteiger partial charge in [-0.05, 0) is 32.0 Å². The lowest BCUT2D eigenvalue weighted by Crippen LogP contribution is -2.35. The summed E-state index contributed by atoms with van der Waals surface area (Å²) in [6, 6.07) is 11.3. The number of furan rings is 1. The quantitative estimate of drug-likeness (QED) is 0.332. The fourth-order valence-corrected chi connectivity index (χ4v) is 4.77. The third kappa shape index (κ3) is 5.74. The van der Waals surface area contributed by atoms with E-state index >= 15 is 0 Å². The van der Waals surface area contributed by atoms with Crippen LogP contribution in [-0.2, 0) is 17.8 Å². The maximum Gasteiger partial charge on any atom is 0.260 e. The van der Waals surface area contributed by atoms with E-state index in [-0.39, 0.29) is 18.3 Å². The zero-order chi connectivity index (χ0) is 24.1. The highest BCUT2D eigenvalue weighted by Crippen LogP contribution is 2.36. The summed E-state index contributed by atoms with van der Waals surface area (Å²) in [5, 5.41) is 13.0. The van der Waals surface area contributed by atoms with Gasteiger partial charge in [0.15, 0.2) is 0 Å². The minimum absolute atomic E-state index is 0.0323. The Morgan fingerprint density at radius 2 is 2.00 bits per heavy atom. The Bertz CT molecular complexity index is 1270. The van der Waals surface area contributed by atoms with E-state index in [0.717, 1.165) is 16.9 Å². The number of hydrogen-bond acceptors (Lipinski definition) is 8. The van der Waals surface area contributed by atoms with Crippen molar-refractivity contribution in [2.24, 2.45) is 0 Å². The molecule has 0 radical (unpaired) electrons. The van der Waals surface area contributed by atoms with E-state index in [0.29, 0.717) is 41.4 Å². The van der Waals surface area contributed by atoms with Crippen LogP contribution in [0.3, 0.4) is 0 Å². The highest BCUT2D eigenvalue weighted by Gasteiger charge is 2.19. The Labute approximate surface area is 201 Å². The Morgan fingerprint density at radius 1 is 1.18 bits per heavy atom. The lowest BCUT2D eigenvalue weighted by Gasteiger charge is -2.24. The molecule has 4 aromatic rings. The average Bonchev–Trinajstić information content (AvgIpc) is 3.47. The van der Waals surface area contributed by atoms with Crippen molar-refractivity contribution in [2.45, 2.75) is 39.1 Å². The first-order valence-corrected chi connectivity index (χ1v) is 12.0. The Hall–Kier alpha value is -2.98. The summed E-state index contributed by atoms with van der Waals surface area (Å²) in [6.45, 7) is 5.22. The van der Waals surface area contributed by atoms with E-state index < -0.39 is 6.10 Å². The first-order valence-electron chi connectivity index (χ1n) is 11.1. The predicted octanol–water partition coefficient (Wildman–Crippen LogP) is 4.04. The number of ether oxygens (including phenoxy) is 2. The van der Waals surface area contributed by atoms with Crippen LogP contribution in [0, 0.1) is 0 Å². The van der Waals surface area contributed by atoms with E-state index in [1.54, 1.807) is 13.4 Å². The number of H-pyrrole nitrogens is 1. The molecule has 1 atom stereocenters. The van der Waals surface area contributed by atoms with Gasteiger partial charge in [0.2, 0.25) is 0 Å². The predicted molar refractivity (Wildman–Crippen MR) is 132 cm³/mol. The van der Waals surface area contributed by atoms with Gasteiger partial charge in [-0.3, -0.25) is 9.69 Å². The molecule has 0 saturated carbocycles. The van der Waals surface area contributed by atoms with Crippen molar-refractivity contribution < 1.29 is 19.0 Å². The number of nitrogens with zero attached hydrogens (tertiary/aromatic N) is 2. The molecule has 4 rings (SSSR count). The van der Waals surface area contributed by atoms with Gasteiger partial charge in [-0.2, -0.15) is 0 Å². The van der Waals surface area contributed by atoms with Crippen LogP contribution in [0.15, 0.2) is 57.3 Å². The molecule has 0 amide bonds. The lowest BCUT2D eigenvalue weighted by molar-refractivity contribution is -0.0117. The standard InChI is InChI=1S/C25H29N3O5S/c1-16(2)33-14-17(29)11-28(12-18-7-6-10-32-18)13-22-26-24(30)23-20(15-34-25(23)27-22)19-8-4-5-9-21(19)31-3/h4-10,15-17,29H,11-14H2,1-3H3,(H,26,27,30). The summed E-state index contributed by atoms with van der Waals surface area (Å²) in [7, 11) is 1.61. The first-order chi connectivity index (χ1) is 16.4. The van der Waals surface area contributed by atoms with Gasteiger partial charge < -0.3 is 24.0 Å². The fourth-order valence-electron chi connectivity index (χ4n) is 3.81. The molecule has 180 valence electrons. The molecule has 0 aliphatic rings. The maximum atomic E-state index is 13.1. The van der Waals surface area contributed by atoms with E-state index in [4.69, 9.17) is 18.9 Å². The minimum atomic E-state index is -0.688. The minimum Gasteiger partial charge on any atom is -0.496 e. The maximum absolute atomic E-state index is 13.1. The number of benzene rings is 1. The SMILES string of the molecule is COc1ccccc1-c1csc2nc(CN(Cc3ccco3)CC(O)COC(C)C)[nH]c(=O)c12. The van der Waals surface area contributed by atoms with Crippen LogP contribution in [0.4, 0.5) is 0 Å². The molecule has 8 nitrogen and oxygen atoms in total. The van der Waals surface area contributed by atoms with E-state index in [1.807, 2.05) is 60.5 Å². The fraction of sp³-hybridized carbons (Fsp3) is 0.360. The Morgan fingerprint density at radius 3 is 2.74 bits per heavy atom. The molecule has 0 saturated heterocycles. The van der Waals surface area contributed by atoms with Crippen molar-refractivity contribution >= 4 is 21.6 Å². The number of thiophene rings is 1. The number of aliphatic hydroxyl groups excluding tert-OH is 1. The molecular weight excluding hydrogens is 454 g/mol. The zero-order valence-electron chi connectivity index (χ0n) is 19.5. The molecule has 0 aliphatic carbocycles. The van der Waals surface area contributed by atoms with E-state index in [9.17, 15) is 9.90 Å². The van der Waals surface area contributed by atoms with Crippen molar-refractivity contribution in [1.82, 2.24) is 14.9 Å². The van der Waals surface area contributed by atoms with Gasteiger partial charge in [-0.15, -0.1) is 11.3 Å². The summed E-state index contributed by atoms with van der Waals surface area (Å²) in [5.41, 5.74) is 1.44. The van der Waals surface area contributed by atoms with Crippen LogP contribution in [0.1, 0.15) is 25.4 Å². The molecule has 1 aromatic carbocycles. The van der Waals surface area contributed by atoms with Crippen LogP contribution in [0.5, 0.6) is 5.75 Å². The second-order valence-electron chi connectivity index (χ2n) is 8.33. The summed E-state index contributed by atoms with van der Waals surface area (Å²) in [6.07, 6.45) is 0.958. The number of fused-ring (bicyclic) bond motifs is 1. The monoisotopic (exact) mass is 483 g/mol. The number of methoxy groups -OCH3 is 1. The number of aliphatic hydroxyl groups is 1. The summed E-state index contributed by atoms with van der Waals surface area (Å²) >= 11 is 1.42. The van der Waals surface area contributed by atoms with E-state index in [2.05, 4.69) is 4.98 Å². The van der Waals surface area contributed by atoms with Crippen LogP contribution in [0.2, 0.25) is 0 Å². The third-order valence-electron chi connectivity index (χ3n) is 5.31. The van der Waals surface area contributed by atoms with Gasteiger partial charge in [-0.1, -0.05) is 18.2 Å². The molecule has 34 heavy (non-hydrogen) atoms. The van der Waals surface area contributed by atoms with Gasteiger partial charge in [0.1, 0.15) is 22.2 Å². The Kier molecular flexibility index (Phi) is 7.79. The molecule has 0 spiro atoms. The molecule has 0 aliphatic heterocycles. The van der Waals surface area contributed by atoms with Gasteiger partial charge in [0, 0.05) is 23.1 Å². The third-order valence-corrected chi connectivity index (χ3v) is 6.19. The summed E-state index contributed by atoms with van der Waals surface area (Å²) < 4.78 is 16.5. The van der Waals surface area contributed by atoms with Crippen molar-refractivity contribution in [3.8, 4) is 16.9 Å². The molecule has 3 heterocycles. The first kappa shape index (κ1) is 24.2. The van der Waals surface area contributed by atoms with E-state index in [1.165, 1.54) is 11.3 Å². The lowest BCUT2D eigenvalue weighted by atomic mass is 10.1. The molecular formula is C25H29N3O5S. The summed E-state index contributed by atoms with van der Waals surface area (Å²) in [5.74, 6) is 1.98. The topological polar surface area (TPSA) is 101 Å². The van der Waals surface area contributed by atoms with Gasteiger partial charge >= 0.3 is 0 Å². The molecule has 0 bridgehead atoms. The van der Waals surface area contributed by atoms with Crippen LogP contribution in [0.25, 0.3) is 21.3 Å². The number of para-hydroxylation sites is 1. The molecule has 0 fully saturated rings. The molecule has 3 aromatic heterocycles. The molecule has 2 N–H and O–H groups in total. The number of rotatable bonds is 11. The number of hydrogen-bond donors (Lipinski definition) is 2. The van der Waals surface area contributed by atoms with Crippen LogP contribution < -0.4 is 10.3 Å². The van der Waals surface area contributed by atoms with Crippen LogP contribution >= 0.6 is 11.3 Å². The van der Waals surface area contributed by atoms with Crippen molar-refractivity contribution in [2.75, 3.05) is 20.3 Å². The second-order valence-corrected chi connectivity index (χ2v) is 9.19. The number of nitrogens with one attached hydrogen (secondary N) is 1. The molecule has 1 unspecified atom stereocenters. The number of aromatic nitrogens is 2. The smallest absolute Gasteiger partial charge is 0.260 e. The number of aromatic amines is 1. The average molecular weight is 484 g/mol. The van der Waals surface area contributed by atoms with Crippen LogP contribution in [-0.4, -0.2) is 52.4 Å². The highest BCUT2D eigenvalue weighted by molar-refractivity contribution is 7.17. The van der Waals surface area contributed by atoms with Crippen molar-refractivity contribution in [1.29, 1.82) is 0 Å². The van der Waals surface area contributed by atoms with Crippen molar-refractivity contribution in [3.63, 3.8) is 0 Å². The molecule has 9 heteroatoms. The van der Waals surface area contributed by atoms with Crippen molar-refractivity contribution in [3.05, 3.63) is 70.0 Å². The largest absolute Gasteiger partial charge is 0.496 e. The van der Waals surface area contributed by atoms with Gasteiger partial charge in [0.05, 0.1) is 50.7 Å². The van der Waals surface area contributed by atoms with Gasteiger partial charge in [-0.25, -0.2) is 4.98 Å². The Balaban J connectivity index is 1.60. The summed E-state index contributed by atoms with van der Waals surface area (Å²) in [4.78, 5) is 23.4. The highest BCUT2D eigenvalue weighted by atomic mass is 32.1. The zero-order valence-corrected chi connectivity index (χ0v) is 20.3. The normalized spacial score (nSPS) is 12.6.